The van der Waals surface area contributed by atoms with Crippen LogP contribution in [0.4, 0.5) is 0 Å². The van der Waals surface area contributed by atoms with Crippen LogP contribution in [0, 0.1) is 24.2 Å². The van der Waals surface area contributed by atoms with Crippen molar-refractivity contribution in [3.05, 3.63) is 6.42 Å². The molecule has 2 saturated carbocycles. The zero-order chi connectivity index (χ0) is 11.2. The molecule has 0 aromatic carbocycles. The van der Waals surface area contributed by atoms with Gasteiger partial charge in [-0.1, -0.05) is 64.7 Å². The van der Waals surface area contributed by atoms with Gasteiger partial charge in [-0.3, -0.25) is 0 Å². The van der Waals surface area contributed by atoms with Crippen LogP contribution in [0.1, 0.15) is 77.6 Å². The molecule has 0 heterocycles. The fraction of sp³-hybridized carbons (Fsp3) is 0.938. The second kappa shape index (κ2) is 6.67. The van der Waals surface area contributed by atoms with Gasteiger partial charge in [0.1, 0.15) is 0 Å². The van der Waals surface area contributed by atoms with Gasteiger partial charge in [0.25, 0.3) is 0 Å². The number of hydrogen-bond acceptors (Lipinski definition) is 0. The summed E-state index contributed by atoms with van der Waals surface area (Å²) in [5.41, 5.74) is 0. The van der Waals surface area contributed by atoms with Gasteiger partial charge in [-0.05, 0) is 37.0 Å². The maximum atomic E-state index is 2.49. The molecule has 0 nitrogen and oxygen atoms in total. The molecular weight excluding hydrogens is 192 g/mol. The summed E-state index contributed by atoms with van der Waals surface area (Å²) in [6, 6.07) is 0. The highest BCUT2D eigenvalue weighted by atomic mass is 14.3. The molecule has 0 amide bonds. The van der Waals surface area contributed by atoms with Gasteiger partial charge in [0.05, 0.1) is 0 Å². The highest BCUT2D eigenvalue weighted by Gasteiger charge is 2.21. The average Bonchev–Trinajstić information content (AvgIpc) is 2.38. The first-order chi connectivity index (χ1) is 7.88. The van der Waals surface area contributed by atoms with Gasteiger partial charge in [-0.25, -0.2) is 0 Å². The standard InChI is InChI=1S/C16H29/c1-2-14-8-10-16(11-9-14)13-12-15-6-4-3-5-7-15/h3,14-16H,2,4-13H2,1H3. The smallest absolute Gasteiger partial charge is 0.0386 e. The minimum absolute atomic E-state index is 1.07. The van der Waals surface area contributed by atoms with E-state index in [4.69, 9.17) is 0 Å². The van der Waals surface area contributed by atoms with E-state index in [0.717, 1.165) is 17.8 Å². The monoisotopic (exact) mass is 221 g/mol. The summed E-state index contributed by atoms with van der Waals surface area (Å²) in [5, 5.41) is 0. The Morgan fingerprint density at radius 3 is 1.81 bits per heavy atom. The van der Waals surface area contributed by atoms with Crippen LogP contribution >= 0.6 is 0 Å². The SMILES string of the molecule is CCC1CCC(CCC2CC[CH]CC2)CC1. The molecule has 0 heteroatoms. The first kappa shape index (κ1) is 12.5. The number of rotatable bonds is 4. The second-order valence-corrected chi connectivity index (χ2v) is 6.18. The summed E-state index contributed by atoms with van der Waals surface area (Å²) >= 11 is 0. The van der Waals surface area contributed by atoms with Crippen molar-refractivity contribution >= 4 is 0 Å². The zero-order valence-electron chi connectivity index (χ0n) is 11.1. The highest BCUT2D eigenvalue weighted by Crippen LogP contribution is 2.35. The Labute approximate surface area is 102 Å². The Morgan fingerprint density at radius 2 is 1.25 bits per heavy atom. The Hall–Kier alpha value is 0. The van der Waals surface area contributed by atoms with E-state index in [0.29, 0.717) is 0 Å². The molecule has 0 unspecified atom stereocenters. The number of hydrogen-bond donors (Lipinski definition) is 0. The van der Waals surface area contributed by atoms with Gasteiger partial charge in [0, 0.05) is 0 Å². The molecule has 2 rings (SSSR count). The first-order valence-corrected chi connectivity index (χ1v) is 7.70. The lowest BCUT2D eigenvalue weighted by atomic mass is 9.76. The fourth-order valence-electron chi connectivity index (χ4n) is 3.68. The molecule has 2 aliphatic rings. The third-order valence-corrected chi connectivity index (χ3v) is 5.08. The normalized spacial score (nSPS) is 32.8. The van der Waals surface area contributed by atoms with E-state index >= 15 is 0 Å². The lowest BCUT2D eigenvalue weighted by Crippen LogP contribution is -2.15. The average molecular weight is 221 g/mol. The second-order valence-electron chi connectivity index (χ2n) is 6.18. The van der Waals surface area contributed by atoms with Gasteiger partial charge in [0.15, 0.2) is 0 Å². The summed E-state index contributed by atoms with van der Waals surface area (Å²) in [7, 11) is 0. The van der Waals surface area contributed by atoms with Crippen molar-refractivity contribution in [1.82, 2.24) is 0 Å². The maximum absolute atomic E-state index is 2.49. The summed E-state index contributed by atoms with van der Waals surface area (Å²) < 4.78 is 0. The van der Waals surface area contributed by atoms with Crippen molar-refractivity contribution < 1.29 is 0 Å². The van der Waals surface area contributed by atoms with Crippen LogP contribution in [0.5, 0.6) is 0 Å². The van der Waals surface area contributed by atoms with E-state index in [1.165, 1.54) is 64.2 Å². The fourth-order valence-corrected chi connectivity index (χ4v) is 3.68. The minimum Gasteiger partial charge on any atom is -0.0651 e. The minimum atomic E-state index is 1.07. The quantitative estimate of drug-likeness (QED) is 0.598. The van der Waals surface area contributed by atoms with Gasteiger partial charge >= 0.3 is 0 Å². The summed E-state index contributed by atoms with van der Waals surface area (Å²) in [6.07, 6.45) is 18.9. The van der Waals surface area contributed by atoms with Crippen LogP contribution in [0.2, 0.25) is 0 Å². The van der Waals surface area contributed by atoms with Crippen LogP contribution in [0.3, 0.4) is 0 Å². The van der Waals surface area contributed by atoms with Crippen molar-refractivity contribution in [1.29, 1.82) is 0 Å². The van der Waals surface area contributed by atoms with E-state index in [-0.39, 0.29) is 0 Å². The largest absolute Gasteiger partial charge is 0.0651 e. The van der Waals surface area contributed by atoms with E-state index in [2.05, 4.69) is 13.3 Å². The maximum Gasteiger partial charge on any atom is -0.0386 e. The molecule has 0 aliphatic heterocycles. The van der Waals surface area contributed by atoms with Crippen LogP contribution in [0.15, 0.2) is 0 Å². The van der Waals surface area contributed by atoms with Gasteiger partial charge in [0.2, 0.25) is 0 Å². The third kappa shape index (κ3) is 3.79. The van der Waals surface area contributed by atoms with Crippen LogP contribution in [-0.4, -0.2) is 0 Å². The van der Waals surface area contributed by atoms with Gasteiger partial charge in [-0.2, -0.15) is 0 Å². The third-order valence-electron chi connectivity index (χ3n) is 5.08. The Bertz CT molecular complexity index is 170. The highest BCUT2D eigenvalue weighted by molar-refractivity contribution is 4.78. The van der Waals surface area contributed by atoms with E-state index in [9.17, 15) is 0 Å². The molecule has 0 aromatic rings. The summed E-state index contributed by atoms with van der Waals surface area (Å²) in [5.74, 6) is 3.24. The zero-order valence-corrected chi connectivity index (χ0v) is 11.1. The van der Waals surface area contributed by atoms with Crippen LogP contribution in [-0.2, 0) is 0 Å². The molecular formula is C16H29. The summed E-state index contributed by atoms with van der Waals surface area (Å²) in [6.45, 7) is 2.36. The molecule has 16 heavy (non-hydrogen) atoms. The Kier molecular flexibility index (Phi) is 5.19. The first-order valence-electron chi connectivity index (χ1n) is 7.70. The van der Waals surface area contributed by atoms with Crippen molar-refractivity contribution in [3.63, 3.8) is 0 Å². The molecule has 2 aliphatic carbocycles. The van der Waals surface area contributed by atoms with Crippen molar-refractivity contribution in [2.24, 2.45) is 17.8 Å². The molecule has 0 saturated heterocycles. The van der Waals surface area contributed by atoms with E-state index in [1.54, 1.807) is 6.42 Å². The predicted molar refractivity (Wildman–Crippen MR) is 71.2 cm³/mol. The van der Waals surface area contributed by atoms with Gasteiger partial charge < -0.3 is 0 Å². The van der Waals surface area contributed by atoms with Crippen molar-refractivity contribution in [2.75, 3.05) is 0 Å². The van der Waals surface area contributed by atoms with E-state index < -0.39 is 0 Å². The molecule has 0 N–H and O–H groups in total. The van der Waals surface area contributed by atoms with Crippen LogP contribution in [0.25, 0.3) is 0 Å². The Morgan fingerprint density at radius 1 is 0.750 bits per heavy atom. The Balaban J connectivity index is 1.59. The summed E-state index contributed by atoms with van der Waals surface area (Å²) in [4.78, 5) is 0. The lowest BCUT2D eigenvalue weighted by Gasteiger charge is -2.29. The topological polar surface area (TPSA) is 0 Å². The molecule has 0 atom stereocenters. The lowest BCUT2D eigenvalue weighted by molar-refractivity contribution is 0.237. The van der Waals surface area contributed by atoms with Crippen LogP contribution < -0.4 is 0 Å². The molecule has 0 bridgehead atoms. The van der Waals surface area contributed by atoms with Crippen molar-refractivity contribution in [3.8, 4) is 0 Å². The molecule has 93 valence electrons. The molecule has 0 aromatic heterocycles. The predicted octanol–water partition coefficient (Wildman–Crippen LogP) is 5.38. The molecule has 1 radical (unpaired) electrons. The molecule has 0 spiro atoms. The van der Waals surface area contributed by atoms with Gasteiger partial charge in [-0.15, -0.1) is 0 Å². The van der Waals surface area contributed by atoms with E-state index in [1.807, 2.05) is 0 Å². The van der Waals surface area contributed by atoms with Crippen molar-refractivity contribution in [2.45, 2.75) is 77.6 Å². The molecule has 2 fully saturated rings.